The number of amidine groups is 1. The van der Waals surface area contributed by atoms with Crippen molar-refractivity contribution in [3.05, 3.63) is 64.6 Å². The van der Waals surface area contributed by atoms with E-state index in [-0.39, 0.29) is 11.5 Å². The van der Waals surface area contributed by atoms with Crippen molar-refractivity contribution < 1.29 is 19.4 Å². The summed E-state index contributed by atoms with van der Waals surface area (Å²) in [5.41, 5.74) is 1.69. The molecule has 0 aromatic heterocycles. The van der Waals surface area contributed by atoms with Crippen molar-refractivity contribution in [1.29, 1.82) is 0 Å². The number of amides is 1. The van der Waals surface area contributed by atoms with Crippen LogP contribution in [0.2, 0.25) is 0 Å². The van der Waals surface area contributed by atoms with Gasteiger partial charge in [-0.05, 0) is 66.2 Å². The first-order valence-corrected chi connectivity index (χ1v) is 10.1. The highest BCUT2D eigenvalue weighted by molar-refractivity contribution is 8.18. The molecule has 1 saturated heterocycles. The summed E-state index contributed by atoms with van der Waals surface area (Å²) in [4.78, 5) is 30.0. The fourth-order valence-corrected chi connectivity index (χ4v) is 3.57. The van der Waals surface area contributed by atoms with E-state index in [1.54, 1.807) is 19.2 Å². The fourth-order valence-electron chi connectivity index (χ4n) is 2.59. The number of aromatic carboxylic acids is 1. The minimum Gasteiger partial charge on any atom is -0.494 e. The molecule has 0 spiro atoms. The summed E-state index contributed by atoms with van der Waals surface area (Å²) in [6.45, 7) is 2.82. The predicted molar refractivity (Wildman–Crippen MR) is 116 cm³/mol. The zero-order valence-corrected chi connectivity index (χ0v) is 17.1. The van der Waals surface area contributed by atoms with E-state index in [0.717, 1.165) is 24.2 Å². The third-order valence-electron chi connectivity index (χ3n) is 4.29. The second-order valence-electron chi connectivity index (χ2n) is 6.49. The molecule has 2 aromatic rings. The van der Waals surface area contributed by atoms with Crippen LogP contribution >= 0.6 is 11.8 Å². The summed E-state index contributed by atoms with van der Waals surface area (Å²) in [5.74, 6) is -0.298. The Labute approximate surface area is 173 Å². The van der Waals surface area contributed by atoms with Crippen LogP contribution in [0.15, 0.2) is 58.4 Å². The van der Waals surface area contributed by atoms with Crippen LogP contribution in [0.4, 0.5) is 5.69 Å². The average Bonchev–Trinajstić information content (AvgIpc) is 2.98. The van der Waals surface area contributed by atoms with Gasteiger partial charge in [-0.3, -0.25) is 9.69 Å². The molecule has 7 heteroatoms. The maximum atomic E-state index is 12.5. The van der Waals surface area contributed by atoms with Gasteiger partial charge in [0.1, 0.15) is 5.75 Å². The molecule has 0 radical (unpaired) electrons. The van der Waals surface area contributed by atoms with Crippen LogP contribution in [-0.4, -0.2) is 40.7 Å². The fraction of sp³-hybridized carbons (Fsp3) is 0.227. The van der Waals surface area contributed by atoms with E-state index in [2.05, 4.69) is 11.9 Å². The highest BCUT2D eigenvalue weighted by Gasteiger charge is 2.30. The van der Waals surface area contributed by atoms with Gasteiger partial charge in [-0.1, -0.05) is 25.5 Å². The largest absolute Gasteiger partial charge is 0.494 e. The molecular weight excluding hydrogens is 388 g/mol. The summed E-state index contributed by atoms with van der Waals surface area (Å²) in [5, 5.41) is 9.52. The number of carbonyl (C=O) groups excluding carboxylic acids is 1. The zero-order valence-electron chi connectivity index (χ0n) is 16.3. The lowest BCUT2D eigenvalue weighted by Crippen LogP contribution is -2.23. The Morgan fingerprint density at radius 3 is 2.48 bits per heavy atom. The number of nitrogens with zero attached hydrogens (tertiary/aromatic N) is 2. The van der Waals surface area contributed by atoms with Crippen molar-refractivity contribution in [3.63, 3.8) is 0 Å². The Morgan fingerprint density at radius 2 is 1.86 bits per heavy atom. The van der Waals surface area contributed by atoms with Crippen molar-refractivity contribution in [1.82, 2.24) is 4.90 Å². The SMILES string of the molecule is CCCCOc1ccc(/C=C2/SC(=Nc3ccc(C(=O)O)cc3)N(C)C2=O)cc1. The van der Waals surface area contributed by atoms with Crippen LogP contribution in [0.25, 0.3) is 6.08 Å². The van der Waals surface area contributed by atoms with Crippen LogP contribution in [0.5, 0.6) is 5.75 Å². The monoisotopic (exact) mass is 410 g/mol. The van der Waals surface area contributed by atoms with E-state index in [1.807, 2.05) is 30.3 Å². The van der Waals surface area contributed by atoms with Crippen LogP contribution in [0.1, 0.15) is 35.7 Å². The van der Waals surface area contributed by atoms with Gasteiger partial charge in [0.25, 0.3) is 5.91 Å². The van der Waals surface area contributed by atoms with E-state index in [1.165, 1.54) is 28.8 Å². The van der Waals surface area contributed by atoms with E-state index in [0.29, 0.717) is 22.4 Å². The predicted octanol–water partition coefficient (Wildman–Crippen LogP) is 4.80. The molecule has 0 atom stereocenters. The average molecular weight is 410 g/mol. The second kappa shape index (κ2) is 9.43. The maximum Gasteiger partial charge on any atom is 0.335 e. The highest BCUT2D eigenvalue weighted by atomic mass is 32.2. The van der Waals surface area contributed by atoms with Gasteiger partial charge in [0, 0.05) is 7.05 Å². The molecule has 0 bridgehead atoms. The minimum absolute atomic E-state index is 0.126. The molecule has 1 heterocycles. The molecule has 1 amide bonds. The van der Waals surface area contributed by atoms with Crippen LogP contribution < -0.4 is 4.74 Å². The van der Waals surface area contributed by atoms with Gasteiger partial charge in [-0.25, -0.2) is 9.79 Å². The number of unbranched alkanes of at least 4 members (excludes halogenated alkanes) is 1. The Bertz CT molecular complexity index is 950. The molecule has 1 fully saturated rings. The van der Waals surface area contributed by atoms with E-state index in [4.69, 9.17) is 9.84 Å². The zero-order chi connectivity index (χ0) is 20.8. The molecule has 150 valence electrons. The van der Waals surface area contributed by atoms with Gasteiger partial charge in [-0.15, -0.1) is 0 Å². The number of hydrogen-bond acceptors (Lipinski definition) is 5. The number of aliphatic imine (C=N–C) groups is 1. The summed E-state index contributed by atoms with van der Waals surface area (Å²) >= 11 is 1.29. The van der Waals surface area contributed by atoms with E-state index < -0.39 is 5.97 Å². The maximum absolute atomic E-state index is 12.5. The van der Waals surface area contributed by atoms with Gasteiger partial charge >= 0.3 is 5.97 Å². The lowest BCUT2D eigenvalue weighted by atomic mass is 10.2. The summed E-state index contributed by atoms with van der Waals surface area (Å²) in [7, 11) is 1.67. The van der Waals surface area contributed by atoms with E-state index >= 15 is 0 Å². The number of carbonyl (C=O) groups is 2. The number of rotatable bonds is 7. The summed E-state index contributed by atoms with van der Waals surface area (Å²) in [6.07, 6.45) is 3.93. The molecule has 1 aliphatic rings. The van der Waals surface area contributed by atoms with Crippen LogP contribution in [0, 0.1) is 0 Å². The first kappa shape index (κ1) is 20.7. The Hall–Kier alpha value is -3.06. The normalized spacial score (nSPS) is 16.6. The topological polar surface area (TPSA) is 79.2 Å². The number of benzene rings is 2. The highest BCUT2D eigenvalue weighted by Crippen LogP contribution is 2.33. The molecular formula is C22H22N2O4S. The number of carboxylic acid groups (broad SMARTS) is 1. The lowest BCUT2D eigenvalue weighted by Gasteiger charge is -2.07. The van der Waals surface area contributed by atoms with Gasteiger partial charge < -0.3 is 9.84 Å². The van der Waals surface area contributed by atoms with Crippen LogP contribution in [-0.2, 0) is 4.79 Å². The van der Waals surface area contributed by atoms with Crippen molar-refractivity contribution in [2.45, 2.75) is 19.8 Å². The molecule has 6 nitrogen and oxygen atoms in total. The molecule has 3 rings (SSSR count). The Morgan fingerprint density at radius 1 is 1.17 bits per heavy atom. The van der Waals surface area contributed by atoms with Gasteiger partial charge in [-0.2, -0.15) is 0 Å². The molecule has 0 aliphatic carbocycles. The number of hydrogen-bond donors (Lipinski definition) is 1. The van der Waals surface area contributed by atoms with Gasteiger partial charge in [0.2, 0.25) is 0 Å². The second-order valence-corrected chi connectivity index (χ2v) is 7.50. The number of ether oxygens (including phenoxy) is 1. The number of carboxylic acids is 1. The quantitative estimate of drug-likeness (QED) is 0.524. The molecule has 29 heavy (non-hydrogen) atoms. The molecule has 0 unspecified atom stereocenters. The minimum atomic E-state index is -0.987. The summed E-state index contributed by atoms with van der Waals surface area (Å²) in [6, 6.07) is 13.9. The smallest absolute Gasteiger partial charge is 0.335 e. The van der Waals surface area contributed by atoms with Crippen molar-refractivity contribution in [3.8, 4) is 5.75 Å². The summed E-state index contributed by atoms with van der Waals surface area (Å²) < 4.78 is 5.66. The molecule has 0 saturated carbocycles. The third-order valence-corrected chi connectivity index (χ3v) is 5.35. The number of thioether (sulfide) groups is 1. The van der Waals surface area contributed by atoms with Crippen LogP contribution in [0.3, 0.4) is 0 Å². The van der Waals surface area contributed by atoms with E-state index in [9.17, 15) is 9.59 Å². The van der Waals surface area contributed by atoms with Crippen molar-refractivity contribution >= 4 is 40.6 Å². The van der Waals surface area contributed by atoms with Crippen molar-refractivity contribution in [2.24, 2.45) is 4.99 Å². The van der Waals surface area contributed by atoms with Gasteiger partial charge in [0.05, 0.1) is 22.8 Å². The molecule has 1 aliphatic heterocycles. The van der Waals surface area contributed by atoms with Crippen molar-refractivity contribution in [2.75, 3.05) is 13.7 Å². The molecule has 2 aromatic carbocycles. The first-order chi connectivity index (χ1) is 14.0. The number of likely N-dealkylation sites (N-methyl/N-ethyl adjacent to an activating group) is 1. The standard InChI is InChI=1S/C22H22N2O4S/c1-3-4-13-28-18-11-5-15(6-12-18)14-19-20(25)24(2)22(29-19)23-17-9-7-16(8-10-17)21(26)27/h5-12,14H,3-4,13H2,1-2H3,(H,26,27)/b19-14+,23-22?. The Kier molecular flexibility index (Phi) is 6.72. The Balaban J connectivity index is 1.73. The third kappa shape index (κ3) is 5.26. The lowest BCUT2D eigenvalue weighted by molar-refractivity contribution is -0.121. The molecule has 1 N–H and O–H groups in total. The first-order valence-electron chi connectivity index (χ1n) is 9.30. The van der Waals surface area contributed by atoms with Gasteiger partial charge in [0.15, 0.2) is 5.17 Å².